The third-order valence-electron chi connectivity index (χ3n) is 2.55. The molecule has 0 aliphatic carbocycles. The molecule has 7 heteroatoms. The predicted octanol–water partition coefficient (Wildman–Crippen LogP) is 1.90. The molecule has 0 fully saturated rings. The lowest BCUT2D eigenvalue weighted by Gasteiger charge is -2.02. The number of nitrogens with one attached hydrogen (secondary N) is 1. The van der Waals surface area contributed by atoms with Gasteiger partial charge in [-0.25, -0.2) is 18.1 Å². The summed E-state index contributed by atoms with van der Waals surface area (Å²) in [4.78, 5) is 4.09. The van der Waals surface area contributed by atoms with Crippen LogP contribution < -0.4 is 4.72 Å². The minimum Gasteiger partial charge on any atom is -0.334 e. The lowest BCUT2D eigenvalue weighted by Crippen LogP contribution is -2.25. The molecule has 5 nitrogen and oxygen atoms in total. The van der Waals surface area contributed by atoms with E-state index in [-0.39, 0.29) is 5.03 Å². The molecule has 1 rings (SSSR count). The van der Waals surface area contributed by atoms with E-state index in [2.05, 4.69) is 9.71 Å². The summed E-state index contributed by atoms with van der Waals surface area (Å²) in [6.45, 7) is 5.02. The highest BCUT2D eigenvalue weighted by atomic mass is 35.5. The maximum atomic E-state index is 11.9. The SMILES string of the molecule is CCCn1cc(S(=O)(=O)NCCCCCl)nc1C. The van der Waals surface area contributed by atoms with E-state index in [0.717, 1.165) is 31.6 Å². The van der Waals surface area contributed by atoms with Gasteiger partial charge in [-0.2, -0.15) is 0 Å². The van der Waals surface area contributed by atoms with Gasteiger partial charge in [-0.15, -0.1) is 11.6 Å². The topological polar surface area (TPSA) is 64.0 Å². The van der Waals surface area contributed by atoms with Gasteiger partial charge in [0, 0.05) is 25.2 Å². The molecule has 1 aromatic heterocycles. The van der Waals surface area contributed by atoms with Crippen molar-refractivity contribution in [2.75, 3.05) is 12.4 Å². The highest BCUT2D eigenvalue weighted by molar-refractivity contribution is 7.89. The van der Waals surface area contributed by atoms with E-state index in [4.69, 9.17) is 11.6 Å². The third-order valence-corrected chi connectivity index (χ3v) is 4.15. The van der Waals surface area contributed by atoms with Crippen molar-refractivity contribution in [1.82, 2.24) is 14.3 Å². The molecule has 0 aliphatic rings. The van der Waals surface area contributed by atoms with Gasteiger partial charge in [-0.1, -0.05) is 6.92 Å². The fourth-order valence-corrected chi connectivity index (χ4v) is 2.84. The Labute approximate surface area is 114 Å². The number of unbranched alkanes of at least 4 members (excludes halogenated alkanes) is 1. The number of hydrogen-bond donors (Lipinski definition) is 1. The molecule has 0 unspecified atom stereocenters. The monoisotopic (exact) mass is 293 g/mol. The van der Waals surface area contributed by atoms with Crippen molar-refractivity contribution in [3.63, 3.8) is 0 Å². The second-order valence-electron chi connectivity index (χ2n) is 4.11. The van der Waals surface area contributed by atoms with Gasteiger partial charge in [0.15, 0.2) is 5.03 Å². The first-order valence-electron chi connectivity index (χ1n) is 6.10. The second kappa shape index (κ2) is 7.11. The Morgan fingerprint density at radius 3 is 2.78 bits per heavy atom. The Morgan fingerprint density at radius 1 is 1.44 bits per heavy atom. The highest BCUT2D eigenvalue weighted by Crippen LogP contribution is 2.09. The number of aryl methyl sites for hydroxylation is 2. The average molecular weight is 294 g/mol. The maximum Gasteiger partial charge on any atom is 0.259 e. The van der Waals surface area contributed by atoms with Gasteiger partial charge in [0.2, 0.25) is 0 Å². The molecule has 1 N–H and O–H groups in total. The highest BCUT2D eigenvalue weighted by Gasteiger charge is 2.18. The maximum absolute atomic E-state index is 11.9. The van der Waals surface area contributed by atoms with E-state index in [9.17, 15) is 8.42 Å². The van der Waals surface area contributed by atoms with Crippen LogP contribution in [-0.2, 0) is 16.6 Å². The van der Waals surface area contributed by atoms with Crippen molar-refractivity contribution in [3.8, 4) is 0 Å². The van der Waals surface area contributed by atoms with Gasteiger partial charge < -0.3 is 4.57 Å². The number of nitrogens with zero attached hydrogens (tertiary/aromatic N) is 2. The first-order valence-corrected chi connectivity index (χ1v) is 8.12. The molecule has 1 heterocycles. The first-order chi connectivity index (χ1) is 8.51. The standard InChI is InChI=1S/C11H20ClN3O2S/c1-3-8-15-9-11(14-10(15)2)18(16,17)13-7-5-4-6-12/h9,13H,3-8H2,1-2H3. The molecular formula is C11H20ClN3O2S. The van der Waals surface area contributed by atoms with Crippen LogP contribution in [0.4, 0.5) is 0 Å². The van der Waals surface area contributed by atoms with E-state index < -0.39 is 10.0 Å². The zero-order chi connectivity index (χ0) is 13.6. The van der Waals surface area contributed by atoms with E-state index in [0.29, 0.717) is 12.4 Å². The van der Waals surface area contributed by atoms with Crippen LogP contribution in [0.2, 0.25) is 0 Å². The number of sulfonamides is 1. The minimum absolute atomic E-state index is 0.0966. The van der Waals surface area contributed by atoms with Crippen LogP contribution >= 0.6 is 11.6 Å². The molecule has 0 aromatic carbocycles. The summed E-state index contributed by atoms with van der Waals surface area (Å²) in [6, 6.07) is 0. The molecule has 18 heavy (non-hydrogen) atoms. The Balaban J connectivity index is 2.69. The Morgan fingerprint density at radius 2 is 2.17 bits per heavy atom. The molecule has 0 atom stereocenters. The van der Waals surface area contributed by atoms with Crippen LogP contribution in [0.15, 0.2) is 11.2 Å². The molecule has 0 saturated carbocycles. The molecule has 0 aliphatic heterocycles. The molecule has 104 valence electrons. The van der Waals surface area contributed by atoms with Crippen molar-refractivity contribution >= 4 is 21.6 Å². The van der Waals surface area contributed by atoms with Gasteiger partial charge in [-0.3, -0.25) is 0 Å². The van der Waals surface area contributed by atoms with E-state index in [1.165, 1.54) is 0 Å². The van der Waals surface area contributed by atoms with Gasteiger partial charge in [0.05, 0.1) is 0 Å². The summed E-state index contributed by atoms with van der Waals surface area (Å²) >= 11 is 5.53. The first kappa shape index (κ1) is 15.5. The normalized spacial score (nSPS) is 11.9. The van der Waals surface area contributed by atoms with Gasteiger partial charge >= 0.3 is 0 Å². The van der Waals surface area contributed by atoms with Crippen LogP contribution in [-0.4, -0.2) is 30.4 Å². The van der Waals surface area contributed by atoms with E-state index in [1.807, 2.05) is 18.4 Å². The lowest BCUT2D eigenvalue weighted by atomic mass is 10.3. The largest absolute Gasteiger partial charge is 0.334 e. The van der Waals surface area contributed by atoms with Crippen molar-refractivity contribution in [3.05, 3.63) is 12.0 Å². The number of imidazole rings is 1. The summed E-state index contributed by atoms with van der Waals surface area (Å²) in [5.41, 5.74) is 0. The summed E-state index contributed by atoms with van der Waals surface area (Å²) in [6.07, 6.45) is 4.06. The fourth-order valence-electron chi connectivity index (χ4n) is 1.58. The van der Waals surface area contributed by atoms with E-state index in [1.54, 1.807) is 6.20 Å². The van der Waals surface area contributed by atoms with Crippen molar-refractivity contribution in [2.24, 2.45) is 0 Å². The summed E-state index contributed by atoms with van der Waals surface area (Å²) in [5, 5.41) is 0.0966. The van der Waals surface area contributed by atoms with Crippen LogP contribution in [0.1, 0.15) is 32.0 Å². The molecule has 0 saturated heterocycles. The Kier molecular flexibility index (Phi) is 6.11. The van der Waals surface area contributed by atoms with Crippen LogP contribution in [0, 0.1) is 6.92 Å². The zero-order valence-electron chi connectivity index (χ0n) is 10.8. The molecule has 0 spiro atoms. The number of alkyl halides is 1. The summed E-state index contributed by atoms with van der Waals surface area (Å²) in [5.74, 6) is 1.27. The van der Waals surface area contributed by atoms with Crippen molar-refractivity contribution in [1.29, 1.82) is 0 Å². The summed E-state index contributed by atoms with van der Waals surface area (Å²) in [7, 11) is -3.49. The van der Waals surface area contributed by atoms with Gasteiger partial charge in [-0.05, 0) is 26.2 Å². The Bertz CT molecular complexity index is 471. The van der Waals surface area contributed by atoms with Gasteiger partial charge in [0.1, 0.15) is 5.82 Å². The van der Waals surface area contributed by atoms with Gasteiger partial charge in [0.25, 0.3) is 10.0 Å². The lowest BCUT2D eigenvalue weighted by molar-refractivity contribution is 0.575. The molecule has 1 aromatic rings. The van der Waals surface area contributed by atoms with Crippen LogP contribution in [0.25, 0.3) is 0 Å². The molecule has 0 amide bonds. The smallest absolute Gasteiger partial charge is 0.259 e. The number of aromatic nitrogens is 2. The molecular weight excluding hydrogens is 274 g/mol. The molecule has 0 bridgehead atoms. The zero-order valence-corrected chi connectivity index (χ0v) is 12.4. The van der Waals surface area contributed by atoms with Crippen molar-refractivity contribution < 1.29 is 8.42 Å². The fraction of sp³-hybridized carbons (Fsp3) is 0.727. The van der Waals surface area contributed by atoms with Crippen molar-refractivity contribution in [2.45, 2.75) is 44.7 Å². The second-order valence-corrected chi connectivity index (χ2v) is 6.21. The third kappa shape index (κ3) is 4.26. The minimum atomic E-state index is -3.49. The predicted molar refractivity (Wildman–Crippen MR) is 72.4 cm³/mol. The number of hydrogen-bond acceptors (Lipinski definition) is 3. The number of halogens is 1. The van der Waals surface area contributed by atoms with Crippen LogP contribution in [0.5, 0.6) is 0 Å². The Hall–Kier alpha value is -0.590. The quantitative estimate of drug-likeness (QED) is 0.588. The molecule has 0 radical (unpaired) electrons. The van der Waals surface area contributed by atoms with Crippen LogP contribution in [0.3, 0.4) is 0 Å². The number of rotatable bonds is 8. The average Bonchev–Trinajstić information content (AvgIpc) is 2.68. The van der Waals surface area contributed by atoms with E-state index >= 15 is 0 Å². The summed E-state index contributed by atoms with van der Waals surface area (Å²) < 4.78 is 28.3.